The van der Waals surface area contributed by atoms with Crippen LogP contribution < -0.4 is 16.0 Å². The Morgan fingerprint density at radius 1 is 1.29 bits per heavy atom. The molecule has 0 fully saturated rings. The van der Waals surface area contributed by atoms with E-state index in [9.17, 15) is 9.59 Å². The zero-order valence-electron chi connectivity index (χ0n) is 15.0. The fraction of sp³-hybridized carbons (Fsp3) is 0.556. The molecule has 1 aromatic carbocycles. The maximum absolute atomic E-state index is 12.4. The molecule has 6 heteroatoms. The minimum Gasteiger partial charge on any atom is -0.353 e. The number of hydrogen-bond donors (Lipinski definition) is 3. The van der Waals surface area contributed by atoms with Gasteiger partial charge in [0, 0.05) is 18.2 Å². The van der Waals surface area contributed by atoms with E-state index in [1.165, 1.54) is 0 Å². The van der Waals surface area contributed by atoms with Crippen molar-refractivity contribution in [2.75, 3.05) is 25.1 Å². The van der Waals surface area contributed by atoms with Crippen LogP contribution in [0.15, 0.2) is 24.3 Å². The van der Waals surface area contributed by atoms with Gasteiger partial charge in [-0.05, 0) is 51.0 Å². The Labute approximate surface area is 149 Å². The van der Waals surface area contributed by atoms with Gasteiger partial charge in [0.25, 0.3) is 5.91 Å². The molecular formula is C18H29N3O2S. The van der Waals surface area contributed by atoms with Crippen molar-refractivity contribution < 1.29 is 9.59 Å². The number of amides is 2. The maximum Gasteiger partial charge on any atom is 0.251 e. The first kappa shape index (κ1) is 20.5. The first-order chi connectivity index (χ1) is 11.5. The molecule has 0 spiro atoms. The van der Waals surface area contributed by atoms with Crippen LogP contribution in [0.1, 0.15) is 36.2 Å². The zero-order valence-corrected chi connectivity index (χ0v) is 15.8. The predicted octanol–water partition coefficient (Wildman–Crippen LogP) is 1.96. The lowest BCUT2D eigenvalue weighted by Gasteiger charge is -2.20. The molecule has 1 unspecified atom stereocenters. The molecule has 0 aliphatic heterocycles. The van der Waals surface area contributed by atoms with E-state index in [4.69, 9.17) is 0 Å². The van der Waals surface area contributed by atoms with Gasteiger partial charge in [-0.1, -0.05) is 24.6 Å². The maximum atomic E-state index is 12.4. The largest absolute Gasteiger partial charge is 0.353 e. The second-order valence-electron chi connectivity index (χ2n) is 5.88. The summed E-state index contributed by atoms with van der Waals surface area (Å²) in [6, 6.07) is 7.06. The van der Waals surface area contributed by atoms with Gasteiger partial charge in [-0.2, -0.15) is 11.8 Å². The van der Waals surface area contributed by atoms with Gasteiger partial charge < -0.3 is 16.0 Å². The number of benzene rings is 1. The monoisotopic (exact) mass is 351 g/mol. The van der Waals surface area contributed by atoms with Crippen LogP contribution in [0, 0.1) is 6.92 Å². The number of likely N-dealkylation sites (N-methyl/N-ethyl adjacent to an activating group) is 1. The van der Waals surface area contributed by atoms with Crippen molar-refractivity contribution in [3.8, 4) is 0 Å². The lowest BCUT2D eigenvalue weighted by Crippen LogP contribution is -2.49. The highest BCUT2D eigenvalue weighted by atomic mass is 32.2. The molecule has 134 valence electrons. The summed E-state index contributed by atoms with van der Waals surface area (Å²) >= 11 is 1.66. The van der Waals surface area contributed by atoms with Gasteiger partial charge in [0.15, 0.2) is 0 Å². The highest BCUT2D eigenvalue weighted by Crippen LogP contribution is 2.06. The number of hydrogen-bond acceptors (Lipinski definition) is 4. The smallest absolute Gasteiger partial charge is 0.251 e. The molecule has 3 N–H and O–H groups in total. The quantitative estimate of drug-likeness (QED) is 0.603. The van der Waals surface area contributed by atoms with E-state index >= 15 is 0 Å². The molecule has 5 nitrogen and oxygen atoms in total. The van der Waals surface area contributed by atoms with E-state index in [1.807, 2.05) is 45.2 Å². The predicted molar refractivity (Wildman–Crippen MR) is 102 cm³/mol. The Morgan fingerprint density at radius 2 is 2.04 bits per heavy atom. The first-order valence-electron chi connectivity index (χ1n) is 8.35. The molecule has 24 heavy (non-hydrogen) atoms. The van der Waals surface area contributed by atoms with E-state index in [1.54, 1.807) is 17.8 Å². The van der Waals surface area contributed by atoms with E-state index < -0.39 is 6.04 Å². The van der Waals surface area contributed by atoms with Crippen molar-refractivity contribution in [1.82, 2.24) is 16.0 Å². The van der Waals surface area contributed by atoms with Gasteiger partial charge in [0.1, 0.15) is 6.04 Å². The van der Waals surface area contributed by atoms with Gasteiger partial charge in [-0.3, -0.25) is 9.59 Å². The average Bonchev–Trinajstić information content (AvgIpc) is 2.56. The molecule has 2 amide bonds. The molecular weight excluding hydrogens is 322 g/mol. The van der Waals surface area contributed by atoms with E-state index in [0.29, 0.717) is 18.5 Å². The summed E-state index contributed by atoms with van der Waals surface area (Å²) in [5.74, 6) is 0.476. The van der Waals surface area contributed by atoms with Crippen LogP contribution in [0.2, 0.25) is 0 Å². The van der Waals surface area contributed by atoms with Crippen LogP contribution in [-0.4, -0.2) is 49.0 Å². The van der Waals surface area contributed by atoms with E-state index in [-0.39, 0.29) is 17.9 Å². The van der Waals surface area contributed by atoms with Crippen molar-refractivity contribution in [3.63, 3.8) is 0 Å². The SMILES string of the molecule is CCN[C@H](C)CNC(=O)C(CCSC)NC(=O)c1cccc(C)c1. The van der Waals surface area contributed by atoms with E-state index in [2.05, 4.69) is 16.0 Å². The standard InChI is InChI=1S/C18H29N3O2S/c1-5-19-14(3)12-20-18(23)16(9-10-24-4)21-17(22)15-8-6-7-13(2)11-15/h6-8,11,14,16,19H,5,9-10,12H2,1-4H3,(H,20,23)(H,21,22)/t14-,16?/m1/s1. The van der Waals surface area contributed by atoms with Gasteiger partial charge in [-0.25, -0.2) is 0 Å². The fourth-order valence-electron chi connectivity index (χ4n) is 2.33. The van der Waals surface area contributed by atoms with Crippen molar-refractivity contribution in [2.45, 2.75) is 39.3 Å². The third-order valence-corrected chi connectivity index (χ3v) is 4.29. The lowest BCUT2D eigenvalue weighted by molar-refractivity contribution is -0.123. The highest BCUT2D eigenvalue weighted by Gasteiger charge is 2.21. The Kier molecular flexibility index (Phi) is 9.49. The van der Waals surface area contributed by atoms with E-state index in [0.717, 1.165) is 17.9 Å². The Morgan fingerprint density at radius 3 is 2.67 bits per heavy atom. The Hall–Kier alpha value is -1.53. The highest BCUT2D eigenvalue weighted by molar-refractivity contribution is 7.98. The minimum atomic E-state index is -0.515. The third-order valence-electron chi connectivity index (χ3n) is 3.65. The van der Waals surface area contributed by atoms with Crippen molar-refractivity contribution >= 4 is 23.6 Å². The molecule has 1 rings (SSSR count). The summed E-state index contributed by atoms with van der Waals surface area (Å²) in [4.78, 5) is 24.8. The van der Waals surface area contributed by atoms with Crippen LogP contribution in [0.4, 0.5) is 0 Å². The topological polar surface area (TPSA) is 70.2 Å². The molecule has 1 aromatic rings. The normalized spacial score (nSPS) is 13.2. The number of aryl methyl sites for hydroxylation is 1. The molecule has 2 atom stereocenters. The number of carbonyl (C=O) groups excluding carboxylic acids is 2. The van der Waals surface area contributed by atoms with Crippen LogP contribution in [-0.2, 0) is 4.79 Å². The molecule has 0 saturated heterocycles. The van der Waals surface area contributed by atoms with Crippen LogP contribution >= 0.6 is 11.8 Å². The van der Waals surface area contributed by atoms with Crippen LogP contribution in [0.3, 0.4) is 0 Å². The summed E-state index contributed by atoms with van der Waals surface area (Å²) in [7, 11) is 0. The van der Waals surface area contributed by atoms with Gasteiger partial charge >= 0.3 is 0 Å². The summed E-state index contributed by atoms with van der Waals surface area (Å²) in [5.41, 5.74) is 1.60. The number of nitrogens with one attached hydrogen (secondary N) is 3. The fourth-order valence-corrected chi connectivity index (χ4v) is 2.80. The molecule has 0 radical (unpaired) electrons. The summed E-state index contributed by atoms with van der Waals surface area (Å²) in [6.45, 7) is 7.39. The van der Waals surface area contributed by atoms with Crippen molar-refractivity contribution in [2.24, 2.45) is 0 Å². The van der Waals surface area contributed by atoms with Gasteiger partial charge in [0.2, 0.25) is 5.91 Å². The minimum absolute atomic E-state index is 0.130. The first-order valence-corrected chi connectivity index (χ1v) is 9.74. The van der Waals surface area contributed by atoms with Gasteiger partial charge in [-0.15, -0.1) is 0 Å². The molecule has 0 aliphatic rings. The second-order valence-corrected chi connectivity index (χ2v) is 6.87. The number of rotatable bonds is 10. The van der Waals surface area contributed by atoms with Crippen molar-refractivity contribution in [1.29, 1.82) is 0 Å². The summed E-state index contributed by atoms with van der Waals surface area (Å²) in [6.07, 6.45) is 2.60. The molecule has 0 heterocycles. The average molecular weight is 352 g/mol. The van der Waals surface area contributed by atoms with Crippen LogP contribution in [0.5, 0.6) is 0 Å². The lowest BCUT2D eigenvalue weighted by atomic mass is 10.1. The second kappa shape index (κ2) is 11.1. The number of thioether (sulfide) groups is 1. The molecule has 0 saturated carbocycles. The van der Waals surface area contributed by atoms with Crippen LogP contribution in [0.25, 0.3) is 0 Å². The Balaban J connectivity index is 2.66. The van der Waals surface area contributed by atoms with Gasteiger partial charge in [0.05, 0.1) is 0 Å². The Bertz CT molecular complexity index is 537. The molecule has 0 aromatic heterocycles. The summed E-state index contributed by atoms with van der Waals surface area (Å²) in [5, 5.41) is 9.03. The zero-order chi connectivity index (χ0) is 17.9. The third kappa shape index (κ3) is 7.36. The van der Waals surface area contributed by atoms with Crippen molar-refractivity contribution in [3.05, 3.63) is 35.4 Å². The molecule has 0 aliphatic carbocycles. The summed E-state index contributed by atoms with van der Waals surface area (Å²) < 4.78 is 0. The number of carbonyl (C=O) groups is 2. The molecule has 0 bridgehead atoms.